The fourth-order valence-corrected chi connectivity index (χ4v) is 4.06. The minimum Gasteiger partial charge on any atom is -0.327 e. The van der Waals surface area contributed by atoms with E-state index in [1.807, 2.05) is 34.9 Å². The zero-order valence-electron chi connectivity index (χ0n) is 11.0. The molecular weight excluding hydrogens is 256 g/mol. The molecule has 0 saturated heterocycles. The third-order valence-corrected chi connectivity index (χ3v) is 5.17. The van der Waals surface area contributed by atoms with E-state index >= 15 is 0 Å². The van der Waals surface area contributed by atoms with Gasteiger partial charge in [-0.3, -0.25) is 4.79 Å². The summed E-state index contributed by atoms with van der Waals surface area (Å²) in [5.41, 5.74) is 7.22. The number of carbonyl (C=O) groups excluding carboxylic acids is 1. The molecule has 1 aliphatic heterocycles. The fourth-order valence-electron chi connectivity index (χ4n) is 3.06. The Hall–Kier alpha value is -1.00. The van der Waals surface area contributed by atoms with Gasteiger partial charge in [0.2, 0.25) is 5.91 Å². The normalized spacial score (nSPS) is 26.9. The van der Waals surface area contributed by atoms with E-state index in [1.54, 1.807) is 0 Å². The van der Waals surface area contributed by atoms with Crippen molar-refractivity contribution in [2.45, 2.75) is 36.6 Å². The molecule has 102 valence electrons. The van der Waals surface area contributed by atoms with Gasteiger partial charge in [-0.05, 0) is 25.0 Å². The molecule has 2 unspecified atom stereocenters. The fraction of sp³-hybridized carbons (Fsp3) is 0.533. The Morgan fingerprint density at radius 3 is 2.89 bits per heavy atom. The van der Waals surface area contributed by atoms with Gasteiger partial charge in [0.25, 0.3) is 0 Å². The predicted molar refractivity (Wildman–Crippen MR) is 79.5 cm³/mol. The summed E-state index contributed by atoms with van der Waals surface area (Å²) in [7, 11) is 0. The van der Waals surface area contributed by atoms with Gasteiger partial charge in [-0.25, -0.2) is 0 Å². The highest BCUT2D eigenvalue weighted by Gasteiger charge is 2.33. The van der Waals surface area contributed by atoms with E-state index in [1.165, 1.54) is 4.90 Å². The van der Waals surface area contributed by atoms with Crippen molar-refractivity contribution in [3.63, 3.8) is 0 Å². The van der Waals surface area contributed by atoms with Crippen molar-refractivity contribution in [2.75, 3.05) is 17.2 Å². The second-order valence-corrected chi connectivity index (χ2v) is 6.50. The van der Waals surface area contributed by atoms with Crippen LogP contribution in [0.5, 0.6) is 0 Å². The molecule has 4 heteroatoms. The number of fused-ring (bicyclic) bond motifs is 1. The molecule has 0 aromatic heterocycles. The smallest absolute Gasteiger partial charge is 0.231 e. The molecule has 2 atom stereocenters. The van der Waals surface area contributed by atoms with Crippen LogP contribution in [0.2, 0.25) is 0 Å². The molecule has 1 saturated carbocycles. The third kappa shape index (κ3) is 2.51. The van der Waals surface area contributed by atoms with Gasteiger partial charge in [0.05, 0.1) is 11.6 Å². The number of carbonyl (C=O) groups is 1. The lowest BCUT2D eigenvalue weighted by Crippen LogP contribution is -2.47. The number of para-hydroxylation sites is 1. The standard InChI is InChI=1S/C15H20N2OS/c16-12-6-2-1-5-11(12)15(18)17-9-10-19-14-8-4-3-7-13(14)17/h3-4,7-8,11-12H,1-2,5-6,9-10,16H2. The monoisotopic (exact) mass is 276 g/mol. The van der Waals surface area contributed by atoms with Crippen LogP contribution in [0.1, 0.15) is 25.7 Å². The maximum atomic E-state index is 12.8. The van der Waals surface area contributed by atoms with Crippen LogP contribution in [0.4, 0.5) is 5.69 Å². The molecule has 1 amide bonds. The zero-order valence-corrected chi connectivity index (χ0v) is 11.9. The second-order valence-electron chi connectivity index (χ2n) is 5.36. The third-order valence-electron chi connectivity index (χ3n) is 4.13. The first-order valence-corrected chi connectivity index (χ1v) is 8.05. The van der Waals surface area contributed by atoms with Crippen LogP contribution in [-0.2, 0) is 4.79 Å². The van der Waals surface area contributed by atoms with Crippen LogP contribution in [0.3, 0.4) is 0 Å². The summed E-state index contributed by atoms with van der Waals surface area (Å²) < 4.78 is 0. The van der Waals surface area contributed by atoms with E-state index in [4.69, 9.17) is 5.73 Å². The second kappa shape index (κ2) is 5.55. The van der Waals surface area contributed by atoms with Gasteiger partial charge >= 0.3 is 0 Å². The summed E-state index contributed by atoms with van der Waals surface area (Å²) in [5.74, 6) is 1.23. The Labute approximate surface area is 118 Å². The van der Waals surface area contributed by atoms with Crippen LogP contribution in [0.15, 0.2) is 29.2 Å². The average molecular weight is 276 g/mol. The first-order valence-electron chi connectivity index (χ1n) is 7.06. The van der Waals surface area contributed by atoms with Gasteiger partial charge in [-0.1, -0.05) is 25.0 Å². The highest BCUT2D eigenvalue weighted by molar-refractivity contribution is 7.99. The lowest BCUT2D eigenvalue weighted by atomic mass is 9.84. The Morgan fingerprint density at radius 1 is 1.26 bits per heavy atom. The number of nitrogens with two attached hydrogens (primary N) is 1. The van der Waals surface area contributed by atoms with Crippen molar-refractivity contribution in [1.82, 2.24) is 0 Å². The van der Waals surface area contributed by atoms with Gasteiger partial charge in [0.15, 0.2) is 0 Å². The molecule has 0 spiro atoms. The van der Waals surface area contributed by atoms with E-state index < -0.39 is 0 Å². The number of rotatable bonds is 1. The lowest BCUT2D eigenvalue weighted by molar-refractivity contribution is -0.123. The number of benzene rings is 1. The minimum atomic E-state index is 0.0184. The van der Waals surface area contributed by atoms with Crippen molar-refractivity contribution in [2.24, 2.45) is 11.7 Å². The van der Waals surface area contributed by atoms with Gasteiger partial charge in [0, 0.05) is 23.2 Å². The number of thioether (sulfide) groups is 1. The Balaban J connectivity index is 1.84. The number of hydrogen-bond donors (Lipinski definition) is 1. The van der Waals surface area contributed by atoms with Gasteiger partial charge in [-0.15, -0.1) is 11.8 Å². The minimum absolute atomic E-state index is 0.0184. The molecule has 19 heavy (non-hydrogen) atoms. The van der Waals surface area contributed by atoms with Crippen LogP contribution < -0.4 is 10.6 Å². The van der Waals surface area contributed by atoms with Crippen molar-refractivity contribution in [1.29, 1.82) is 0 Å². The Bertz CT molecular complexity index is 477. The maximum Gasteiger partial charge on any atom is 0.231 e. The molecule has 2 aliphatic rings. The summed E-state index contributed by atoms with van der Waals surface area (Å²) in [6.45, 7) is 0.809. The van der Waals surface area contributed by atoms with Crippen LogP contribution >= 0.6 is 11.8 Å². The van der Waals surface area contributed by atoms with Crippen molar-refractivity contribution >= 4 is 23.4 Å². The number of anilines is 1. The predicted octanol–water partition coefficient (Wildman–Crippen LogP) is 2.64. The van der Waals surface area contributed by atoms with E-state index in [2.05, 4.69) is 6.07 Å². The molecule has 2 N–H and O–H groups in total. The summed E-state index contributed by atoms with van der Waals surface area (Å²) in [4.78, 5) is 15.9. The molecular formula is C15H20N2OS. The number of amides is 1. The summed E-state index contributed by atoms with van der Waals surface area (Å²) in [5, 5.41) is 0. The highest BCUT2D eigenvalue weighted by atomic mass is 32.2. The molecule has 1 heterocycles. The largest absolute Gasteiger partial charge is 0.327 e. The molecule has 1 fully saturated rings. The Kier molecular flexibility index (Phi) is 3.80. The summed E-state index contributed by atoms with van der Waals surface area (Å²) >= 11 is 1.83. The van der Waals surface area contributed by atoms with E-state index in [-0.39, 0.29) is 17.9 Å². The van der Waals surface area contributed by atoms with Crippen molar-refractivity contribution in [3.8, 4) is 0 Å². The average Bonchev–Trinajstić information content (AvgIpc) is 2.46. The molecule has 3 rings (SSSR count). The van der Waals surface area contributed by atoms with Crippen LogP contribution in [-0.4, -0.2) is 24.2 Å². The lowest BCUT2D eigenvalue weighted by Gasteiger charge is -2.35. The molecule has 1 aliphatic carbocycles. The first-order chi connectivity index (χ1) is 9.27. The molecule has 1 aromatic rings. The van der Waals surface area contributed by atoms with Gasteiger partial charge in [0.1, 0.15) is 0 Å². The maximum absolute atomic E-state index is 12.8. The first kappa shape index (κ1) is 13.0. The zero-order chi connectivity index (χ0) is 13.2. The Morgan fingerprint density at radius 2 is 2.05 bits per heavy atom. The number of nitrogens with zero attached hydrogens (tertiary/aromatic N) is 1. The molecule has 0 bridgehead atoms. The molecule has 3 nitrogen and oxygen atoms in total. The molecule has 1 aromatic carbocycles. The van der Waals surface area contributed by atoms with Crippen molar-refractivity contribution < 1.29 is 4.79 Å². The highest BCUT2D eigenvalue weighted by Crippen LogP contribution is 2.36. The van der Waals surface area contributed by atoms with Gasteiger partial charge in [-0.2, -0.15) is 0 Å². The number of hydrogen-bond acceptors (Lipinski definition) is 3. The molecule has 0 radical (unpaired) electrons. The summed E-state index contributed by atoms with van der Waals surface area (Å²) in [6.07, 6.45) is 4.23. The van der Waals surface area contributed by atoms with Crippen LogP contribution in [0, 0.1) is 5.92 Å². The van der Waals surface area contributed by atoms with E-state index in [0.29, 0.717) is 0 Å². The van der Waals surface area contributed by atoms with E-state index in [9.17, 15) is 4.79 Å². The summed E-state index contributed by atoms with van der Waals surface area (Å²) in [6, 6.07) is 8.23. The van der Waals surface area contributed by atoms with Crippen molar-refractivity contribution in [3.05, 3.63) is 24.3 Å². The quantitative estimate of drug-likeness (QED) is 0.857. The topological polar surface area (TPSA) is 46.3 Å². The van der Waals surface area contributed by atoms with Crippen LogP contribution in [0.25, 0.3) is 0 Å². The van der Waals surface area contributed by atoms with E-state index in [0.717, 1.165) is 43.7 Å². The SMILES string of the molecule is NC1CCCCC1C(=O)N1CCSc2ccccc21. The van der Waals surface area contributed by atoms with Gasteiger partial charge < -0.3 is 10.6 Å².